The normalized spacial score (nSPS) is 26.3. The molecule has 0 saturated carbocycles. The maximum atomic E-state index is 12.2. The number of nitrogens with zero attached hydrogens (tertiary/aromatic N) is 1. The molecule has 2 fully saturated rings. The first-order valence-corrected chi connectivity index (χ1v) is 9.83. The first kappa shape index (κ1) is 15.3. The van der Waals surface area contributed by atoms with Crippen LogP contribution in [-0.2, 0) is 4.79 Å². The van der Waals surface area contributed by atoms with E-state index in [1.807, 2.05) is 16.7 Å². The first-order valence-electron chi connectivity index (χ1n) is 7.56. The Morgan fingerprint density at radius 1 is 1.33 bits per heavy atom. The van der Waals surface area contributed by atoms with E-state index in [-0.39, 0.29) is 12.1 Å². The number of rotatable bonds is 4. The molecule has 114 valence electrons. The van der Waals surface area contributed by atoms with E-state index in [9.17, 15) is 4.79 Å². The van der Waals surface area contributed by atoms with Crippen molar-refractivity contribution in [3.63, 3.8) is 0 Å². The van der Waals surface area contributed by atoms with Crippen molar-refractivity contribution in [3.8, 4) is 0 Å². The van der Waals surface area contributed by atoms with Crippen molar-refractivity contribution < 1.29 is 4.79 Å². The van der Waals surface area contributed by atoms with Gasteiger partial charge in [0.1, 0.15) is 6.17 Å². The van der Waals surface area contributed by atoms with Gasteiger partial charge in [0.2, 0.25) is 5.91 Å². The van der Waals surface area contributed by atoms with Crippen LogP contribution in [0, 0.1) is 0 Å². The average molecular weight is 322 g/mol. The smallest absolute Gasteiger partial charge is 0.238 e. The number of carbonyl (C=O) groups is 1. The summed E-state index contributed by atoms with van der Waals surface area (Å²) in [5.41, 5.74) is 1.19. The molecular weight excluding hydrogens is 300 g/mol. The van der Waals surface area contributed by atoms with Crippen LogP contribution < -0.4 is 5.32 Å². The molecule has 2 saturated heterocycles. The van der Waals surface area contributed by atoms with E-state index in [0.717, 1.165) is 6.54 Å². The molecule has 21 heavy (non-hydrogen) atoms. The molecule has 5 heteroatoms. The molecule has 2 heterocycles. The first-order chi connectivity index (χ1) is 10.3. The molecule has 1 amide bonds. The summed E-state index contributed by atoms with van der Waals surface area (Å²) in [4.78, 5) is 15.5. The van der Waals surface area contributed by atoms with Crippen molar-refractivity contribution in [2.24, 2.45) is 0 Å². The maximum Gasteiger partial charge on any atom is 0.238 e. The summed E-state index contributed by atoms with van der Waals surface area (Å²) in [5, 5.41) is 3.97. The van der Waals surface area contributed by atoms with Gasteiger partial charge >= 0.3 is 0 Å². The second kappa shape index (κ2) is 7.07. The topological polar surface area (TPSA) is 32.3 Å². The number of carbonyl (C=O) groups excluding carboxylic acids is 1. The van der Waals surface area contributed by atoms with Gasteiger partial charge in [0, 0.05) is 16.7 Å². The number of amides is 1. The predicted molar refractivity (Wildman–Crippen MR) is 90.8 cm³/mol. The highest BCUT2D eigenvalue weighted by atomic mass is 32.2. The minimum absolute atomic E-state index is 0.0518. The molecule has 0 bridgehead atoms. The highest BCUT2D eigenvalue weighted by Crippen LogP contribution is 2.30. The van der Waals surface area contributed by atoms with Crippen LogP contribution in [0.5, 0.6) is 0 Å². The zero-order chi connectivity index (χ0) is 14.7. The summed E-state index contributed by atoms with van der Waals surface area (Å²) in [6, 6.07) is 8.56. The Hall–Kier alpha value is -0.650. The Balaban J connectivity index is 1.71. The molecule has 1 aromatic carbocycles. The van der Waals surface area contributed by atoms with Crippen molar-refractivity contribution >= 4 is 29.4 Å². The lowest BCUT2D eigenvalue weighted by Gasteiger charge is -2.30. The highest BCUT2D eigenvalue weighted by molar-refractivity contribution is 8.00. The van der Waals surface area contributed by atoms with Gasteiger partial charge in [-0.2, -0.15) is 11.8 Å². The van der Waals surface area contributed by atoms with Crippen molar-refractivity contribution in [1.29, 1.82) is 0 Å². The van der Waals surface area contributed by atoms with Crippen LogP contribution in [0.2, 0.25) is 0 Å². The monoisotopic (exact) mass is 322 g/mol. The van der Waals surface area contributed by atoms with Gasteiger partial charge in [0.25, 0.3) is 0 Å². The second-order valence-corrected chi connectivity index (χ2v) is 7.88. The molecule has 2 aliphatic rings. The molecule has 1 N–H and O–H groups in total. The van der Waals surface area contributed by atoms with Gasteiger partial charge in [-0.1, -0.05) is 18.6 Å². The van der Waals surface area contributed by atoms with Crippen LogP contribution in [-0.4, -0.2) is 41.2 Å². The van der Waals surface area contributed by atoms with E-state index in [1.165, 1.54) is 35.5 Å². The fraction of sp³-hybridized carbons (Fsp3) is 0.562. The Bertz CT molecular complexity index is 486. The van der Waals surface area contributed by atoms with E-state index in [1.54, 1.807) is 11.8 Å². The molecule has 2 aliphatic heterocycles. The van der Waals surface area contributed by atoms with Crippen molar-refractivity contribution in [3.05, 3.63) is 29.8 Å². The van der Waals surface area contributed by atoms with Gasteiger partial charge in [-0.3, -0.25) is 10.1 Å². The van der Waals surface area contributed by atoms with E-state index < -0.39 is 0 Å². The van der Waals surface area contributed by atoms with Crippen LogP contribution in [0.3, 0.4) is 0 Å². The Morgan fingerprint density at radius 2 is 2.14 bits per heavy atom. The lowest BCUT2D eigenvalue weighted by Crippen LogP contribution is -2.36. The van der Waals surface area contributed by atoms with Gasteiger partial charge in [-0.25, -0.2) is 0 Å². The SMILES string of the molecule is CSc1ccc(C2NCC(=O)N2CC2CCCCS2)cc1. The summed E-state index contributed by atoms with van der Waals surface area (Å²) >= 11 is 3.78. The summed E-state index contributed by atoms with van der Waals surface area (Å²) in [6.07, 6.45) is 6.01. The molecule has 1 aromatic rings. The van der Waals surface area contributed by atoms with Gasteiger partial charge in [0.05, 0.1) is 6.54 Å². The van der Waals surface area contributed by atoms with E-state index >= 15 is 0 Å². The predicted octanol–water partition coefficient (Wildman–Crippen LogP) is 3.12. The molecule has 2 atom stereocenters. The number of hydrogen-bond donors (Lipinski definition) is 1. The van der Waals surface area contributed by atoms with Gasteiger partial charge in [0.15, 0.2) is 0 Å². The standard InChI is InChI=1S/C16H22N2OS2/c1-20-13-7-5-12(6-8-13)16-17-10-15(19)18(16)11-14-4-2-3-9-21-14/h5-8,14,16-17H,2-4,9-11H2,1H3. The molecule has 0 aliphatic carbocycles. The third kappa shape index (κ3) is 3.58. The van der Waals surface area contributed by atoms with Crippen molar-refractivity contribution in [2.45, 2.75) is 35.6 Å². The lowest BCUT2D eigenvalue weighted by atomic mass is 10.1. The quantitative estimate of drug-likeness (QED) is 0.863. The van der Waals surface area contributed by atoms with Crippen molar-refractivity contribution in [1.82, 2.24) is 10.2 Å². The van der Waals surface area contributed by atoms with E-state index in [2.05, 4.69) is 35.8 Å². The lowest BCUT2D eigenvalue weighted by molar-refractivity contribution is -0.128. The molecule has 3 rings (SSSR count). The zero-order valence-electron chi connectivity index (χ0n) is 12.4. The minimum Gasteiger partial charge on any atom is -0.321 e. The number of hydrogen-bond acceptors (Lipinski definition) is 4. The van der Waals surface area contributed by atoms with Crippen LogP contribution >= 0.6 is 23.5 Å². The molecule has 0 spiro atoms. The van der Waals surface area contributed by atoms with Crippen LogP contribution in [0.1, 0.15) is 31.0 Å². The Morgan fingerprint density at radius 3 is 2.81 bits per heavy atom. The van der Waals surface area contributed by atoms with Crippen LogP contribution in [0.4, 0.5) is 0 Å². The highest BCUT2D eigenvalue weighted by Gasteiger charge is 2.33. The van der Waals surface area contributed by atoms with Gasteiger partial charge in [-0.05, 0) is 42.5 Å². The Kier molecular flexibility index (Phi) is 5.14. The van der Waals surface area contributed by atoms with Crippen molar-refractivity contribution in [2.75, 3.05) is 25.1 Å². The summed E-state index contributed by atoms with van der Waals surface area (Å²) in [6.45, 7) is 1.35. The molecule has 2 unspecified atom stereocenters. The summed E-state index contributed by atoms with van der Waals surface area (Å²) in [7, 11) is 0. The second-order valence-electron chi connectivity index (χ2n) is 5.59. The van der Waals surface area contributed by atoms with Crippen LogP contribution in [0.15, 0.2) is 29.2 Å². The summed E-state index contributed by atoms with van der Waals surface area (Å²) in [5.74, 6) is 1.48. The van der Waals surface area contributed by atoms with Crippen LogP contribution in [0.25, 0.3) is 0 Å². The third-order valence-corrected chi connectivity index (χ3v) is 6.31. The minimum atomic E-state index is 0.0518. The third-order valence-electron chi connectivity index (χ3n) is 4.18. The fourth-order valence-corrected chi connectivity index (χ4v) is 4.71. The van der Waals surface area contributed by atoms with Gasteiger partial charge in [-0.15, -0.1) is 11.8 Å². The number of benzene rings is 1. The van der Waals surface area contributed by atoms with E-state index in [4.69, 9.17) is 0 Å². The Labute approximate surface area is 135 Å². The largest absolute Gasteiger partial charge is 0.321 e. The molecular formula is C16H22N2OS2. The zero-order valence-corrected chi connectivity index (χ0v) is 14.0. The number of nitrogens with one attached hydrogen (secondary N) is 1. The summed E-state index contributed by atoms with van der Waals surface area (Å²) < 4.78 is 0. The van der Waals surface area contributed by atoms with Gasteiger partial charge < -0.3 is 4.90 Å². The average Bonchev–Trinajstić information content (AvgIpc) is 2.90. The number of thioether (sulfide) groups is 2. The fourth-order valence-electron chi connectivity index (χ4n) is 3.00. The maximum absolute atomic E-state index is 12.2. The molecule has 0 radical (unpaired) electrons. The van der Waals surface area contributed by atoms with E-state index in [0.29, 0.717) is 11.8 Å². The molecule has 3 nitrogen and oxygen atoms in total. The molecule has 0 aromatic heterocycles.